The predicted molar refractivity (Wildman–Crippen MR) is 65.1 cm³/mol. The SMILES string of the molecule is Cc1ccccc1N(C)S(=O)(=O)CCCO. The Labute approximate surface area is 96.6 Å². The first-order chi connectivity index (χ1) is 7.49. The first-order valence-corrected chi connectivity index (χ1v) is 6.73. The van der Waals surface area contributed by atoms with E-state index in [1.165, 1.54) is 11.4 Å². The number of aliphatic hydroxyl groups is 1. The minimum Gasteiger partial charge on any atom is -0.396 e. The second-order valence-corrected chi connectivity index (χ2v) is 5.77. The molecule has 0 amide bonds. The molecule has 0 saturated carbocycles. The molecule has 0 aliphatic carbocycles. The van der Waals surface area contributed by atoms with Gasteiger partial charge in [-0.3, -0.25) is 4.31 Å². The fourth-order valence-electron chi connectivity index (χ4n) is 1.45. The number of nitrogens with zero attached hydrogens (tertiary/aromatic N) is 1. The van der Waals surface area contributed by atoms with E-state index in [0.29, 0.717) is 5.69 Å². The van der Waals surface area contributed by atoms with Crippen LogP contribution >= 0.6 is 0 Å². The van der Waals surface area contributed by atoms with Crippen molar-refractivity contribution in [2.45, 2.75) is 13.3 Å². The number of para-hydroxylation sites is 1. The van der Waals surface area contributed by atoms with Gasteiger partial charge < -0.3 is 5.11 Å². The van der Waals surface area contributed by atoms with Crippen molar-refractivity contribution >= 4 is 15.7 Å². The van der Waals surface area contributed by atoms with Gasteiger partial charge in [-0.2, -0.15) is 0 Å². The molecule has 0 unspecified atom stereocenters. The number of benzene rings is 1. The van der Waals surface area contributed by atoms with Crippen LogP contribution in [-0.2, 0) is 10.0 Å². The molecule has 1 aromatic rings. The van der Waals surface area contributed by atoms with Gasteiger partial charge in [0, 0.05) is 13.7 Å². The van der Waals surface area contributed by atoms with Gasteiger partial charge in [0.25, 0.3) is 0 Å². The molecule has 0 radical (unpaired) electrons. The van der Waals surface area contributed by atoms with Gasteiger partial charge in [-0.1, -0.05) is 18.2 Å². The van der Waals surface area contributed by atoms with Crippen molar-refractivity contribution in [2.24, 2.45) is 0 Å². The monoisotopic (exact) mass is 243 g/mol. The molecular formula is C11H17NO3S. The van der Waals surface area contributed by atoms with Gasteiger partial charge in [-0.15, -0.1) is 0 Å². The zero-order chi connectivity index (χ0) is 12.2. The van der Waals surface area contributed by atoms with Crippen LogP contribution in [0.15, 0.2) is 24.3 Å². The van der Waals surface area contributed by atoms with E-state index in [2.05, 4.69) is 0 Å². The summed E-state index contributed by atoms with van der Waals surface area (Å²) in [5.74, 6) is -0.0334. The lowest BCUT2D eigenvalue weighted by Gasteiger charge is -2.21. The molecule has 90 valence electrons. The summed E-state index contributed by atoms with van der Waals surface area (Å²) in [5.41, 5.74) is 1.60. The van der Waals surface area contributed by atoms with Crippen LogP contribution in [0, 0.1) is 6.92 Å². The number of rotatable bonds is 5. The van der Waals surface area contributed by atoms with Crippen LogP contribution in [0.5, 0.6) is 0 Å². The standard InChI is InChI=1S/C11H17NO3S/c1-10-6-3-4-7-11(10)12(2)16(14,15)9-5-8-13/h3-4,6-7,13H,5,8-9H2,1-2H3. The Balaban J connectivity index is 2.94. The van der Waals surface area contributed by atoms with Crippen LogP contribution in [0.25, 0.3) is 0 Å². The number of anilines is 1. The third-order valence-corrected chi connectivity index (χ3v) is 4.27. The zero-order valence-electron chi connectivity index (χ0n) is 9.55. The Morgan fingerprint density at radius 1 is 1.31 bits per heavy atom. The van der Waals surface area contributed by atoms with E-state index in [1.807, 2.05) is 19.1 Å². The molecule has 1 N–H and O–H groups in total. The number of sulfonamides is 1. The Bertz CT molecular complexity index is 442. The first-order valence-electron chi connectivity index (χ1n) is 5.12. The Morgan fingerprint density at radius 2 is 1.94 bits per heavy atom. The van der Waals surface area contributed by atoms with Crippen molar-refractivity contribution in [3.8, 4) is 0 Å². The summed E-state index contributed by atoms with van der Waals surface area (Å²) in [5, 5.41) is 8.65. The summed E-state index contributed by atoms with van der Waals surface area (Å²) < 4.78 is 25.0. The van der Waals surface area contributed by atoms with E-state index < -0.39 is 10.0 Å². The van der Waals surface area contributed by atoms with Crippen LogP contribution in [0.2, 0.25) is 0 Å². The van der Waals surface area contributed by atoms with Gasteiger partial charge in [0.05, 0.1) is 11.4 Å². The van der Waals surface area contributed by atoms with E-state index in [4.69, 9.17) is 5.11 Å². The van der Waals surface area contributed by atoms with Crippen LogP contribution in [0.4, 0.5) is 5.69 Å². The van der Waals surface area contributed by atoms with E-state index in [9.17, 15) is 8.42 Å². The topological polar surface area (TPSA) is 57.6 Å². The molecule has 1 aromatic carbocycles. The molecule has 0 atom stereocenters. The first kappa shape index (κ1) is 13.0. The highest BCUT2D eigenvalue weighted by Gasteiger charge is 2.18. The maximum atomic E-state index is 11.9. The van der Waals surface area contributed by atoms with Crippen molar-refractivity contribution in [3.63, 3.8) is 0 Å². The number of aliphatic hydroxyl groups excluding tert-OH is 1. The van der Waals surface area contributed by atoms with Crippen molar-refractivity contribution < 1.29 is 13.5 Å². The summed E-state index contributed by atoms with van der Waals surface area (Å²) in [6.45, 7) is 1.76. The molecular weight excluding hydrogens is 226 g/mol. The van der Waals surface area contributed by atoms with Crippen LogP contribution in [0.1, 0.15) is 12.0 Å². The molecule has 0 heterocycles. The molecule has 0 spiro atoms. The lowest BCUT2D eigenvalue weighted by molar-refractivity contribution is 0.295. The second-order valence-electron chi connectivity index (χ2n) is 3.65. The van der Waals surface area contributed by atoms with Gasteiger partial charge in [0.2, 0.25) is 10.0 Å². The minimum atomic E-state index is -3.32. The van der Waals surface area contributed by atoms with Crippen LogP contribution in [-0.4, -0.2) is 32.9 Å². The highest BCUT2D eigenvalue weighted by atomic mass is 32.2. The fourth-order valence-corrected chi connectivity index (χ4v) is 2.72. The van der Waals surface area contributed by atoms with E-state index in [0.717, 1.165) is 5.56 Å². The number of hydrogen-bond acceptors (Lipinski definition) is 3. The predicted octanol–water partition coefficient (Wildman–Crippen LogP) is 1.14. The average molecular weight is 243 g/mol. The van der Waals surface area contributed by atoms with Crippen molar-refractivity contribution in [3.05, 3.63) is 29.8 Å². The van der Waals surface area contributed by atoms with Gasteiger partial charge in [-0.05, 0) is 25.0 Å². The molecule has 5 heteroatoms. The molecule has 0 fully saturated rings. The maximum Gasteiger partial charge on any atom is 0.234 e. The summed E-state index contributed by atoms with van der Waals surface area (Å²) in [6, 6.07) is 7.31. The molecule has 4 nitrogen and oxygen atoms in total. The van der Waals surface area contributed by atoms with E-state index >= 15 is 0 Å². The third-order valence-electron chi connectivity index (χ3n) is 2.43. The lowest BCUT2D eigenvalue weighted by atomic mass is 10.2. The average Bonchev–Trinajstić information content (AvgIpc) is 2.26. The van der Waals surface area contributed by atoms with Gasteiger partial charge >= 0.3 is 0 Å². The third kappa shape index (κ3) is 2.96. The van der Waals surface area contributed by atoms with Crippen LogP contribution in [0.3, 0.4) is 0 Å². The molecule has 0 saturated heterocycles. The van der Waals surface area contributed by atoms with E-state index in [-0.39, 0.29) is 18.8 Å². The molecule has 0 aliphatic heterocycles. The highest BCUT2D eigenvalue weighted by Crippen LogP contribution is 2.20. The minimum absolute atomic E-state index is 0.0334. The summed E-state index contributed by atoms with van der Waals surface area (Å²) in [4.78, 5) is 0. The molecule has 16 heavy (non-hydrogen) atoms. The van der Waals surface area contributed by atoms with Gasteiger partial charge in [0.1, 0.15) is 0 Å². The van der Waals surface area contributed by atoms with E-state index in [1.54, 1.807) is 12.1 Å². The van der Waals surface area contributed by atoms with Crippen molar-refractivity contribution in [2.75, 3.05) is 23.7 Å². The summed E-state index contributed by atoms with van der Waals surface area (Å²) >= 11 is 0. The van der Waals surface area contributed by atoms with Gasteiger partial charge in [0.15, 0.2) is 0 Å². The number of hydrogen-bond donors (Lipinski definition) is 1. The summed E-state index contributed by atoms with van der Waals surface area (Å²) in [6.07, 6.45) is 0.262. The Morgan fingerprint density at radius 3 is 2.50 bits per heavy atom. The molecule has 0 bridgehead atoms. The highest BCUT2D eigenvalue weighted by molar-refractivity contribution is 7.92. The Kier molecular flexibility index (Phi) is 4.32. The zero-order valence-corrected chi connectivity index (χ0v) is 10.4. The smallest absolute Gasteiger partial charge is 0.234 e. The van der Waals surface area contributed by atoms with Crippen molar-refractivity contribution in [1.82, 2.24) is 0 Å². The normalized spacial score (nSPS) is 11.4. The quantitative estimate of drug-likeness (QED) is 0.843. The van der Waals surface area contributed by atoms with Crippen LogP contribution < -0.4 is 4.31 Å². The molecule has 1 rings (SSSR count). The Hall–Kier alpha value is -1.07. The van der Waals surface area contributed by atoms with Crippen molar-refractivity contribution in [1.29, 1.82) is 0 Å². The van der Waals surface area contributed by atoms with Gasteiger partial charge in [-0.25, -0.2) is 8.42 Å². The number of aryl methyl sites for hydroxylation is 1. The molecule has 0 aliphatic rings. The fraction of sp³-hybridized carbons (Fsp3) is 0.455. The molecule has 0 aromatic heterocycles. The summed E-state index contributed by atoms with van der Waals surface area (Å²) in [7, 11) is -1.79. The maximum absolute atomic E-state index is 11.9. The lowest BCUT2D eigenvalue weighted by Crippen LogP contribution is -2.29. The largest absolute Gasteiger partial charge is 0.396 e. The second kappa shape index (κ2) is 5.32.